The van der Waals surface area contributed by atoms with Crippen LogP contribution in [0.3, 0.4) is 0 Å². The van der Waals surface area contributed by atoms with Gasteiger partial charge in [0.05, 0.1) is 17.8 Å². The Labute approximate surface area is 120 Å². The van der Waals surface area contributed by atoms with Crippen LogP contribution in [0.5, 0.6) is 0 Å². The third-order valence-corrected chi connectivity index (χ3v) is 3.57. The minimum Gasteiger partial charge on any atom is -0.390 e. The van der Waals surface area contributed by atoms with Gasteiger partial charge in [-0.3, -0.25) is 0 Å². The topological polar surface area (TPSA) is 74.7 Å². The molecule has 0 unspecified atom stereocenters. The zero-order valence-corrected chi connectivity index (χ0v) is 11.1. The molecule has 0 spiro atoms. The van der Waals surface area contributed by atoms with Gasteiger partial charge in [0.25, 0.3) is 0 Å². The molecule has 0 aliphatic heterocycles. The van der Waals surface area contributed by atoms with Crippen LogP contribution in [0.4, 0.5) is 0 Å². The number of benzene rings is 1. The Kier molecular flexibility index (Phi) is 2.65. The Morgan fingerprint density at radius 3 is 3.00 bits per heavy atom. The van der Waals surface area contributed by atoms with Crippen LogP contribution in [0.2, 0.25) is 0 Å². The van der Waals surface area contributed by atoms with Crippen molar-refractivity contribution in [3.63, 3.8) is 0 Å². The van der Waals surface area contributed by atoms with Crippen molar-refractivity contribution in [3.8, 4) is 11.1 Å². The number of aromatic amines is 1. The number of aromatic nitrogens is 4. The lowest BCUT2D eigenvalue weighted by molar-refractivity contribution is 0.277. The Hall–Kier alpha value is -2.79. The van der Waals surface area contributed by atoms with E-state index in [0.29, 0.717) is 5.69 Å². The first-order valence-electron chi connectivity index (χ1n) is 6.63. The molecule has 3 heterocycles. The van der Waals surface area contributed by atoms with E-state index >= 15 is 0 Å². The molecule has 0 radical (unpaired) electrons. The lowest BCUT2D eigenvalue weighted by Crippen LogP contribution is -1.88. The highest BCUT2D eigenvalue weighted by atomic mass is 16.3. The summed E-state index contributed by atoms with van der Waals surface area (Å²) in [6.45, 7) is -0.0579. The maximum Gasteiger partial charge on any atom is 0.138 e. The number of H-pyrrole nitrogens is 1. The van der Waals surface area contributed by atoms with Crippen LogP contribution in [-0.2, 0) is 6.61 Å². The molecule has 0 atom stereocenters. The molecular formula is C16H12N4O. The van der Waals surface area contributed by atoms with E-state index in [-0.39, 0.29) is 6.61 Å². The van der Waals surface area contributed by atoms with Crippen LogP contribution in [0.1, 0.15) is 5.69 Å². The van der Waals surface area contributed by atoms with Crippen LogP contribution in [-0.4, -0.2) is 25.0 Å². The minimum atomic E-state index is -0.0579. The monoisotopic (exact) mass is 276 g/mol. The lowest BCUT2D eigenvalue weighted by atomic mass is 10.0. The van der Waals surface area contributed by atoms with Gasteiger partial charge < -0.3 is 10.1 Å². The highest BCUT2D eigenvalue weighted by molar-refractivity contribution is 5.96. The zero-order chi connectivity index (χ0) is 14.2. The number of fused-ring (bicyclic) bond motifs is 2. The lowest BCUT2D eigenvalue weighted by Gasteiger charge is -2.02. The molecule has 102 valence electrons. The average Bonchev–Trinajstić information content (AvgIpc) is 2.97. The fraction of sp³-hybridized carbons (Fsp3) is 0.0625. The molecule has 4 rings (SSSR count). The largest absolute Gasteiger partial charge is 0.390 e. The van der Waals surface area contributed by atoms with E-state index in [2.05, 4.69) is 26.0 Å². The predicted molar refractivity (Wildman–Crippen MR) is 80.5 cm³/mol. The number of aliphatic hydroxyl groups excluding tert-OH is 1. The molecule has 0 saturated carbocycles. The summed E-state index contributed by atoms with van der Waals surface area (Å²) in [5, 5.41) is 11.2. The Morgan fingerprint density at radius 1 is 1.14 bits per heavy atom. The summed E-state index contributed by atoms with van der Waals surface area (Å²) in [5.41, 5.74) is 4.52. The summed E-state index contributed by atoms with van der Waals surface area (Å²) in [4.78, 5) is 15.8. The SMILES string of the molecule is OCc1ccc2c(-c3ccc4ncncc4c3)c[nH]c2n1. The van der Waals surface area contributed by atoms with Crippen molar-refractivity contribution in [3.05, 3.63) is 54.7 Å². The molecule has 0 aliphatic rings. The van der Waals surface area contributed by atoms with Crippen molar-refractivity contribution in [2.24, 2.45) is 0 Å². The van der Waals surface area contributed by atoms with Crippen LogP contribution in [0, 0.1) is 0 Å². The predicted octanol–water partition coefficient (Wildman–Crippen LogP) is 2.67. The molecule has 2 N–H and O–H groups in total. The second-order valence-corrected chi connectivity index (χ2v) is 4.86. The van der Waals surface area contributed by atoms with Gasteiger partial charge in [-0.15, -0.1) is 0 Å². The third-order valence-electron chi connectivity index (χ3n) is 3.57. The van der Waals surface area contributed by atoms with Gasteiger partial charge in [0.2, 0.25) is 0 Å². The number of hydrogen-bond donors (Lipinski definition) is 2. The first-order valence-corrected chi connectivity index (χ1v) is 6.63. The van der Waals surface area contributed by atoms with Gasteiger partial charge in [-0.05, 0) is 29.8 Å². The molecule has 1 aromatic carbocycles. The minimum absolute atomic E-state index is 0.0579. The van der Waals surface area contributed by atoms with E-state index in [1.807, 2.05) is 36.7 Å². The summed E-state index contributed by atoms with van der Waals surface area (Å²) in [5.74, 6) is 0. The van der Waals surface area contributed by atoms with Gasteiger partial charge in [-0.25, -0.2) is 15.0 Å². The van der Waals surface area contributed by atoms with Gasteiger partial charge in [-0.2, -0.15) is 0 Å². The van der Waals surface area contributed by atoms with Crippen molar-refractivity contribution in [2.75, 3.05) is 0 Å². The van der Waals surface area contributed by atoms with E-state index in [9.17, 15) is 0 Å². The summed E-state index contributed by atoms with van der Waals surface area (Å²) in [6.07, 6.45) is 5.29. The zero-order valence-electron chi connectivity index (χ0n) is 11.1. The fourth-order valence-electron chi connectivity index (χ4n) is 2.52. The Bertz CT molecular complexity index is 945. The second kappa shape index (κ2) is 4.64. The molecule has 3 aromatic heterocycles. The summed E-state index contributed by atoms with van der Waals surface area (Å²) < 4.78 is 0. The Morgan fingerprint density at radius 2 is 2.10 bits per heavy atom. The standard InChI is InChI=1S/C16H12N4O/c21-8-12-2-3-13-14(7-18-16(13)20-12)10-1-4-15-11(5-10)6-17-9-19-15/h1-7,9,21H,8H2,(H,18,20). The molecule has 0 aliphatic carbocycles. The molecule has 5 heteroatoms. The highest BCUT2D eigenvalue weighted by Crippen LogP contribution is 2.29. The molecule has 0 fully saturated rings. The molecule has 0 amide bonds. The summed E-state index contributed by atoms with van der Waals surface area (Å²) in [7, 11) is 0. The van der Waals surface area contributed by atoms with E-state index < -0.39 is 0 Å². The van der Waals surface area contributed by atoms with Crippen molar-refractivity contribution in [2.45, 2.75) is 6.61 Å². The first kappa shape index (κ1) is 12.0. The van der Waals surface area contributed by atoms with Gasteiger partial charge in [0.15, 0.2) is 0 Å². The number of aliphatic hydroxyl groups is 1. The molecule has 0 saturated heterocycles. The van der Waals surface area contributed by atoms with E-state index in [1.165, 1.54) is 0 Å². The Balaban J connectivity index is 1.91. The third kappa shape index (κ3) is 1.95. The maximum absolute atomic E-state index is 9.15. The molecule has 4 aromatic rings. The van der Waals surface area contributed by atoms with Crippen molar-refractivity contribution in [1.29, 1.82) is 0 Å². The molecule has 0 bridgehead atoms. The summed E-state index contributed by atoms with van der Waals surface area (Å²) in [6, 6.07) is 9.91. The number of rotatable bonds is 2. The van der Waals surface area contributed by atoms with Gasteiger partial charge in [-0.1, -0.05) is 6.07 Å². The fourth-order valence-corrected chi connectivity index (χ4v) is 2.52. The van der Waals surface area contributed by atoms with Crippen molar-refractivity contribution < 1.29 is 5.11 Å². The van der Waals surface area contributed by atoms with E-state index in [0.717, 1.165) is 33.1 Å². The number of hydrogen-bond acceptors (Lipinski definition) is 4. The summed E-state index contributed by atoms with van der Waals surface area (Å²) >= 11 is 0. The second-order valence-electron chi connectivity index (χ2n) is 4.86. The van der Waals surface area contributed by atoms with Crippen molar-refractivity contribution >= 4 is 21.9 Å². The van der Waals surface area contributed by atoms with Crippen LogP contribution < -0.4 is 0 Å². The maximum atomic E-state index is 9.15. The van der Waals surface area contributed by atoms with E-state index in [4.69, 9.17) is 5.11 Å². The molecule has 5 nitrogen and oxygen atoms in total. The normalized spacial score (nSPS) is 11.3. The quantitative estimate of drug-likeness (QED) is 0.590. The van der Waals surface area contributed by atoms with Crippen LogP contribution in [0.15, 0.2) is 49.1 Å². The van der Waals surface area contributed by atoms with Gasteiger partial charge in [0.1, 0.15) is 12.0 Å². The van der Waals surface area contributed by atoms with Crippen LogP contribution >= 0.6 is 0 Å². The number of nitrogens with one attached hydrogen (secondary N) is 1. The van der Waals surface area contributed by atoms with Gasteiger partial charge in [0, 0.05) is 28.7 Å². The number of pyridine rings is 1. The first-order chi connectivity index (χ1) is 10.3. The van der Waals surface area contributed by atoms with E-state index in [1.54, 1.807) is 6.33 Å². The average molecular weight is 276 g/mol. The molecule has 21 heavy (non-hydrogen) atoms. The number of nitrogens with zero attached hydrogens (tertiary/aromatic N) is 3. The van der Waals surface area contributed by atoms with Gasteiger partial charge >= 0.3 is 0 Å². The molecular weight excluding hydrogens is 264 g/mol. The highest BCUT2D eigenvalue weighted by Gasteiger charge is 2.08. The van der Waals surface area contributed by atoms with Crippen LogP contribution in [0.25, 0.3) is 33.1 Å². The smallest absolute Gasteiger partial charge is 0.138 e. The van der Waals surface area contributed by atoms with Crippen molar-refractivity contribution in [1.82, 2.24) is 19.9 Å².